The van der Waals surface area contributed by atoms with Crippen LogP contribution in [0.3, 0.4) is 0 Å². The molecule has 3 nitrogen and oxygen atoms in total. The molecule has 0 heterocycles. The summed E-state index contributed by atoms with van der Waals surface area (Å²) in [5.41, 5.74) is 1.68. The Morgan fingerprint density at radius 1 is 1.33 bits per heavy atom. The molecule has 1 aliphatic carbocycles. The van der Waals surface area contributed by atoms with Crippen LogP contribution in [0.2, 0.25) is 0 Å². The Balaban J connectivity index is 3.73. The fraction of sp³-hybridized carbons (Fsp3) is 0.182. The summed E-state index contributed by atoms with van der Waals surface area (Å²) in [7, 11) is 0. The fourth-order valence-electron chi connectivity index (χ4n) is 1.40. The van der Waals surface area contributed by atoms with Gasteiger partial charge in [0.05, 0.1) is 0 Å². The Morgan fingerprint density at radius 3 is 2.20 bits per heavy atom. The van der Waals surface area contributed by atoms with Crippen LogP contribution in [0, 0.1) is 0 Å². The zero-order valence-corrected chi connectivity index (χ0v) is 9.35. The van der Waals surface area contributed by atoms with Gasteiger partial charge in [0.2, 0.25) is 0 Å². The first kappa shape index (κ1) is 11.6. The van der Waals surface area contributed by atoms with E-state index in [-0.39, 0.29) is 0 Å². The molecular formula is C11H9MnO3. The van der Waals surface area contributed by atoms with Crippen molar-refractivity contribution in [3.63, 3.8) is 0 Å². The Labute approximate surface area is 88.3 Å². The molecule has 0 atom stereocenters. The van der Waals surface area contributed by atoms with E-state index in [1.165, 1.54) is 14.4 Å². The molecular weight excluding hydrogens is 235 g/mol. The van der Waals surface area contributed by atoms with Gasteiger partial charge in [0.25, 0.3) is 0 Å². The number of allylic oxidation sites excluding steroid dienone is 5. The Kier molecular flexibility index (Phi) is 3.34. The quantitative estimate of drug-likeness (QED) is 0.684. The van der Waals surface area contributed by atoms with Gasteiger partial charge in [0, 0.05) is 0 Å². The van der Waals surface area contributed by atoms with E-state index in [0.717, 1.165) is 11.1 Å². The maximum absolute atomic E-state index is 10.7. The van der Waals surface area contributed by atoms with Crippen LogP contribution in [0.5, 0.6) is 0 Å². The zero-order valence-electron chi connectivity index (χ0n) is 8.17. The van der Waals surface area contributed by atoms with E-state index in [1.54, 1.807) is 19.1 Å². The second-order valence-corrected chi connectivity index (χ2v) is 6.04. The van der Waals surface area contributed by atoms with E-state index in [0.29, 0.717) is 10.9 Å². The van der Waals surface area contributed by atoms with Crippen LogP contribution in [0.1, 0.15) is 13.3 Å². The van der Waals surface area contributed by atoms with Crippen molar-refractivity contribution in [2.24, 2.45) is 0 Å². The summed E-state index contributed by atoms with van der Waals surface area (Å²) in [6.07, 6.45) is 3.93. The molecule has 0 aromatic rings. The molecule has 1 rings (SSSR count). The van der Waals surface area contributed by atoms with E-state index >= 15 is 0 Å². The molecule has 0 aromatic heterocycles. The fourth-order valence-corrected chi connectivity index (χ4v) is 3.27. The van der Waals surface area contributed by atoms with E-state index < -0.39 is 11.5 Å². The van der Waals surface area contributed by atoms with Crippen LogP contribution in [0.15, 0.2) is 34.3 Å². The molecule has 78 valence electrons. The minimum absolute atomic E-state index is 0.458. The Bertz CT molecular complexity index is 583. The topological polar surface area (TPSA) is 51.2 Å². The summed E-state index contributed by atoms with van der Waals surface area (Å²) in [5.74, 6) is 0. The van der Waals surface area contributed by atoms with Crippen LogP contribution in [-0.4, -0.2) is 14.4 Å². The predicted molar refractivity (Wildman–Crippen MR) is 52.7 cm³/mol. The Hall–Kier alpha value is -1.52. The van der Waals surface area contributed by atoms with Crippen LogP contribution in [-0.2, 0) is 25.9 Å². The predicted octanol–water partition coefficient (Wildman–Crippen LogP) is 1.13. The third-order valence-corrected chi connectivity index (χ3v) is 4.96. The average molecular weight is 244 g/mol. The van der Waals surface area contributed by atoms with Crippen LogP contribution in [0.4, 0.5) is 0 Å². The normalized spacial score (nSPS) is 15.1. The first-order valence-corrected chi connectivity index (χ1v) is 6.48. The first-order valence-electron chi connectivity index (χ1n) is 4.12. The first-order chi connectivity index (χ1) is 7.15. The molecule has 0 aromatic carbocycles. The van der Waals surface area contributed by atoms with Crippen molar-refractivity contribution in [1.29, 1.82) is 0 Å². The molecule has 15 heavy (non-hydrogen) atoms. The van der Waals surface area contributed by atoms with Gasteiger partial charge in [-0.25, -0.2) is 0 Å². The second-order valence-electron chi connectivity index (χ2n) is 2.91. The van der Waals surface area contributed by atoms with Gasteiger partial charge in [-0.05, 0) is 0 Å². The molecule has 0 unspecified atom stereocenters. The average Bonchev–Trinajstić information content (AvgIpc) is 2.64. The number of rotatable bonds is 2. The third kappa shape index (κ3) is 1.69. The molecule has 1 aliphatic rings. The van der Waals surface area contributed by atoms with Crippen molar-refractivity contribution >= 4 is 14.4 Å². The zero-order chi connectivity index (χ0) is 11.5. The molecule has 4 heteroatoms. The van der Waals surface area contributed by atoms with Gasteiger partial charge >= 0.3 is 88.0 Å². The van der Waals surface area contributed by atoms with Crippen molar-refractivity contribution in [3.05, 3.63) is 34.3 Å². The van der Waals surface area contributed by atoms with Gasteiger partial charge in [-0.3, -0.25) is 0 Å². The van der Waals surface area contributed by atoms with Crippen molar-refractivity contribution in [3.8, 4) is 0 Å². The molecule has 0 fully saturated rings. The third-order valence-electron chi connectivity index (χ3n) is 2.24. The summed E-state index contributed by atoms with van der Waals surface area (Å²) in [6, 6.07) is 0. The van der Waals surface area contributed by atoms with Gasteiger partial charge in [-0.2, -0.15) is 0 Å². The molecule has 0 N–H and O–H groups in total. The monoisotopic (exact) mass is 244 g/mol. The number of carbonyl (C=O) groups excluding carboxylic acids is 3. The summed E-state index contributed by atoms with van der Waals surface area (Å²) < 4.78 is 0.458. The second kappa shape index (κ2) is 4.33. The molecule has 0 radical (unpaired) electrons. The minimum atomic E-state index is -3.59. The molecule has 0 saturated carbocycles. The van der Waals surface area contributed by atoms with Gasteiger partial charge in [0.15, 0.2) is 0 Å². The van der Waals surface area contributed by atoms with Crippen LogP contribution < -0.4 is 0 Å². The van der Waals surface area contributed by atoms with E-state index in [4.69, 9.17) is 0 Å². The van der Waals surface area contributed by atoms with Gasteiger partial charge < -0.3 is 0 Å². The van der Waals surface area contributed by atoms with E-state index in [1.807, 2.05) is 0 Å². The summed E-state index contributed by atoms with van der Waals surface area (Å²) in [5, 5.41) is 0. The van der Waals surface area contributed by atoms with Crippen LogP contribution in [0.25, 0.3) is 0 Å². The number of hydrogen-bond acceptors (Lipinski definition) is 3. The molecule has 0 amide bonds. The maximum atomic E-state index is 10.7. The van der Waals surface area contributed by atoms with Crippen molar-refractivity contribution in [1.82, 2.24) is 0 Å². The summed E-state index contributed by atoms with van der Waals surface area (Å²) in [4.78, 5) is 36.8. The summed E-state index contributed by atoms with van der Waals surface area (Å²) >= 11 is -3.59. The SMILES string of the molecule is C=CC1=C(C)[C]([Mn](=[C]=O)(=[C]=O)=[C]=O)=CC1. The number of hydrogen-bond donors (Lipinski definition) is 0. The standard InChI is InChI=1S/C8H9.3CO.Mn/c1-3-8-6-4-5-7(8)2;3*1-2;/h3-4H,1,6H2,2H3;;;;. The van der Waals surface area contributed by atoms with Gasteiger partial charge in [-0.15, -0.1) is 0 Å². The molecule has 0 spiro atoms. The molecule has 0 bridgehead atoms. The Morgan fingerprint density at radius 2 is 1.87 bits per heavy atom. The molecule has 0 aliphatic heterocycles. The molecule has 0 saturated heterocycles. The van der Waals surface area contributed by atoms with E-state index in [2.05, 4.69) is 6.58 Å². The van der Waals surface area contributed by atoms with E-state index in [9.17, 15) is 14.4 Å². The van der Waals surface area contributed by atoms with Crippen LogP contribution >= 0.6 is 0 Å². The van der Waals surface area contributed by atoms with Crippen molar-refractivity contribution in [2.75, 3.05) is 0 Å². The van der Waals surface area contributed by atoms with Crippen molar-refractivity contribution in [2.45, 2.75) is 13.3 Å². The van der Waals surface area contributed by atoms with Gasteiger partial charge in [0.1, 0.15) is 0 Å². The van der Waals surface area contributed by atoms with Gasteiger partial charge in [-0.1, -0.05) is 0 Å². The van der Waals surface area contributed by atoms with Crippen molar-refractivity contribution < 1.29 is 25.9 Å². The summed E-state index contributed by atoms with van der Waals surface area (Å²) in [6.45, 7) is 5.37.